The van der Waals surface area contributed by atoms with Crippen molar-refractivity contribution in [2.75, 3.05) is 39.4 Å². The summed E-state index contributed by atoms with van der Waals surface area (Å²) >= 11 is 0. The molecule has 1 heterocycles. The van der Waals surface area contributed by atoms with Gasteiger partial charge >= 0.3 is 5.97 Å². The smallest absolute Gasteiger partial charge is 0.305 e. The lowest BCUT2D eigenvalue weighted by Crippen LogP contribution is -2.33. The van der Waals surface area contributed by atoms with Crippen molar-refractivity contribution in [3.8, 4) is 0 Å². The van der Waals surface area contributed by atoms with Crippen molar-refractivity contribution in [2.24, 2.45) is 0 Å². The summed E-state index contributed by atoms with van der Waals surface area (Å²) in [6.45, 7) is 8.60. The highest BCUT2D eigenvalue weighted by Gasteiger charge is 2.29. The molecule has 0 saturated carbocycles. The van der Waals surface area contributed by atoms with Gasteiger partial charge < -0.3 is 9.84 Å². The maximum Gasteiger partial charge on any atom is 0.305 e. The van der Waals surface area contributed by atoms with Crippen LogP contribution in [0.1, 0.15) is 194 Å². The van der Waals surface area contributed by atoms with E-state index in [-0.39, 0.29) is 12.6 Å². The van der Waals surface area contributed by atoms with E-state index in [1.807, 2.05) is 0 Å². The predicted octanol–water partition coefficient (Wildman–Crippen LogP) is 11.3. The first kappa shape index (κ1) is 43.4. The number of amidine groups is 1. The largest absolute Gasteiger partial charge is 0.462 e. The van der Waals surface area contributed by atoms with Crippen molar-refractivity contribution in [3.05, 3.63) is 24.3 Å². The molecule has 274 valence electrons. The summed E-state index contributed by atoms with van der Waals surface area (Å²) in [4.78, 5) is 14.7. The third kappa shape index (κ3) is 27.0. The monoisotopic (exact) mass is 660 g/mol. The standard InChI is InChI=1S/C42H79N2O3/c1-3-5-7-9-11-13-15-17-19-21-23-25-27-29-31-33-41-43(37-39-45)35-36-44(41)38-40-47-42(46)34-32-30-28-26-24-22-20-18-16-14-12-10-8-6-4-2/h17-20,45H,3-16,21-40H2,1-2H3/q+1. The Morgan fingerprint density at radius 2 is 1.11 bits per heavy atom. The van der Waals surface area contributed by atoms with Gasteiger partial charge in [0.1, 0.15) is 32.8 Å². The van der Waals surface area contributed by atoms with Crippen molar-refractivity contribution >= 4 is 11.8 Å². The van der Waals surface area contributed by atoms with Crippen molar-refractivity contribution in [3.63, 3.8) is 0 Å². The molecule has 0 aromatic carbocycles. The number of rotatable bonds is 35. The summed E-state index contributed by atoms with van der Waals surface area (Å²) in [7, 11) is 0. The van der Waals surface area contributed by atoms with Crippen LogP contribution in [0, 0.1) is 0 Å². The fourth-order valence-corrected chi connectivity index (χ4v) is 6.65. The number of hydrogen-bond acceptors (Lipinski definition) is 4. The van der Waals surface area contributed by atoms with Gasteiger partial charge in [0.2, 0.25) is 5.84 Å². The van der Waals surface area contributed by atoms with E-state index >= 15 is 0 Å². The summed E-state index contributed by atoms with van der Waals surface area (Å²) in [6, 6.07) is 0. The van der Waals surface area contributed by atoms with Gasteiger partial charge in [-0.2, -0.15) is 0 Å². The molecule has 0 saturated heterocycles. The topological polar surface area (TPSA) is 52.8 Å². The normalized spacial score (nSPS) is 13.6. The van der Waals surface area contributed by atoms with Crippen LogP contribution in [0.3, 0.4) is 0 Å². The summed E-state index contributed by atoms with van der Waals surface area (Å²) in [5, 5.41) is 9.56. The van der Waals surface area contributed by atoms with Crippen LogP contribution in [0.4, 0.5) is 0 Å². The Bertz CT molecular complexity index is 791. The van der Waals surface area contributed by atoms with Crippen molar-refractivity contribution < 1.29 is 19.2 Å². The Labute approximate surface area is 292 Å². The lowest BCUT2D eigenvalue weighted by atomic mass is 10.1. The van der Waals surface area contributed by atoms with Crippen LogP contribution < -0.4 is 0 Å². The van der Waals surface area contributed by atoms with Crippen LogP contribution >= 0.6 is 0 Å². The highest BCUT2D eigenvalue weighted by Crippen LogP contribution is 2.14. The number of nitrogens with zero attached hydrogens (tertiary/aromatic N) is 2. The van der Waals surface area contributed by atoms with E-state index in [0.29, 0.717) is 19.6 Å². The summed E-state index contributed by atoms with van der Waals surface area (Å²) in [5.41, 5.74) is 0. The second-order valence-electron chi connectivity index (χ2n) is 14.0. The van der Waals surface area contributed by atoms with Gasteiger partial charge in [-0.05, 0) is 64.2 Å². The number of ether oxygens (including phenoxy) is 1. The van der Waals surface area contributed by atoms with E-state index in [1.54, 1.807) is 0 Å². The van der Waals surface area contributed by atoms with Crippen LogP contribution in [0.2, 0.25) is 0 Å². The summed E-state index contributed by atoms with van der Waals surface area (Å²) in [5.74, 6) is 1.29. The molecule has 0 bridgehead atoms. The molecule has 1 aliphatic rings. The molecule has 1 aliphatic heterocycles. The molecule has 47 heavy (non-hydrogen) atoms. The average Bonchev–Trinajstić information content (AvgIpc) is 3.45. The first-order valence-electron chi connectivity index (χ1n) is 20.6. The zero-order valence-corrected chi connectivity index (χ0v) is 31.5. The number of unbranched alkanes of at least 4 members (excludes halogenated alkanes) is 22. The molecule has 0 spiro atoms. The first-order chi connectivity index (χ1) is 23.2. The number of aliphatic hydroxyl groups is 1. The van der Waals surface area contributed by atoms with Gasteiger partial charge in [-0.3, -0.25) is 14.3 Å². The van der Waals surface area contributed by atoms with E-state index < -0.39 is 0 Å². The van der Waals surface area contributed by atoms with Crippen LogP contribution in [0.5, 0.6) is 0 Å². The molecular formula is C42H79N2O3+. The molecule has 0 fully saturated rings. The third-order valence-corrected chi connectivity index (χ3v) is 9.67. The molecule has 0 unspecified atom stereocenters. The SMILES string of the molecule is CCCCCCCCC=CCCCCCCCC(=O)OCCN1CC[N+](CCO)=C1CCCCCCCC=CCCCCCCCC. The number of esters is 1. The highest BCUT2D eigenvalue weighted by atomic mass is 16.5. The molecular weight excluding hydrogens is 580 g/mol. The van der Waals surface area contributed by atoms with E-state index in [9.17, 15) is 9.90 Å². The quantitative estimate of drug-likeness (QED) is 0.0318. The number of β-amino-alcohol motifs (C(OH)–C–C–N with tert-alkyl or cyclic N) is 1. The van der Waals surface area contributed by atoms with Gasteiger partial charge in [0.25, 0.3) is 0 Å². The maximum atomic E-state index is 12.3. The maximum absolute atomic E-state index is 12.3. The lowest BCUT2D eigenvalue weighted by Gasteiger charge is -2.14. The van der Waals surface area contributed by atoms with Crippen LogP contribution in [0.15, 0.2) is 24.3 Å². The Morgan fingerprint density at radius 3 is 1.60 bits per heavy atom. The van der Waals surface area contributed by atoms with Crippen molar-refractivity contribution in [2.45, 2.75) is 194 Å². The highest BCUT2D eigenvalue weighted by molar-refractivity contribution is 5.78. The average molecular weight is 660 g/mol. The molecule has 0 atom stereocenters. The Morgan fingerprint density at radius 1 is 0.660 bits per heavy atom. The van der Waals surface area contributed by atoms with Gasteiger partial charge in [-0.25, -0.2) is 0 Å². The van der Waals surface area contributed by atoms with E-state index in [0.717, 1.165) is 38.9 Å². The Balaban J connectivity index is 2.05. The molecule has 1 rings (SSSR count). The number of allylic oxidation sites excluding steroid dienone is 4. The third-order valence-electron chi connectivity index (χ3n) is 9.67. The molecule has 0 aliphatic carbocycles. The minimum atomic E-state index is -0.0483. The fourth-order valence-electron chi connectivity index (χ4n) is 6.65. The number of aliphatic hydroxyl groups excluding tert-OH is 1. The van der Waals surface area contributed by atoms with E-state index in [4.69, 9.17) is 4.74 Å². The van der Waals surface area contributed by atoms with Crippen LogP contribution in [0.25, 0.3) is 0 Å². The van der Waals surface area contributed by atoms with Gasteiger partial charge in [0.15, 0.2) is 0 Å². The minimum Gasteiger partial charge on any atom is -0.462 e. The molecule has 0 radical (unpaired) electrons. The zero-order chi connectivity index (χ0) is 33.9. The lowest BCUT2D eigenvalue weighted by molar-refractivity contribution is -0.521. The van der Waals surface area contributed by atoms with Gasteiger partial charge in [-0.15, -0.1) is 0 Å². The van der Waals surface area contributed by atoms with Gasteiger partial charge in [0, 0.05) is 12.8 Å². The Kier molecular flexibility index (Phi) is 31.6. The zero-order valence-electron chi connectivity index (χ0n) is 31.5. The van der Waals surface area contributed by atoms with Crippen LogP contribution in [-0.2, 0) is 9.53 Å². The molecule has 1 N–H and O–H groups in total. The van der Waals surface area contributed by atoms with E-state index in [2.05, 4.69) is 47.6 Å². The molecule has 0 amide bonds. The van der Waals surface area contributed by atoms with Crippen molar-refractivity contribution in [1.29, 1.82) is 0 Å². The van der Waals surface area contributed by atoms with Crippen LogP contribution in [-0.4, -0.2) is 65.8 Å². The molecule has 0 aromatic heterocycles. The first-order valence-corrected chi connectivity index (χ1v) is 20.6. The predicted molar refractivity (Wildman–Crippen MR) is 204 cm³/mol. The van der Waals surface area contributed by atoms with E-state index in [1.165, 1.54) is 160 Å². The van der Waals surface area contributed by atoms with Gasteiger partial charge in [0.05, 0.1) is 6.61 Å². The van der Waals surface area contributed by atoms with Gasteiger partial charge in [-0.1, -0.05) is 141 Å². The second-order valence-corrected chi connectivity index (χ2v) is 14.0. The van der Waals surface area contributed by atoms with Crippen molar-refractivity contribution in [1.82, 2.24) is 4.90 Å². The molecule has 5 nitrogen and oxygen atoms in total. The minimum absolute atomic E-state index is 0.0483. The fraction of sp³-hybridized carbons (Fsp3) is 0.857. The number of carbonyl (C=O) groups is 1. The molecule has 0 aromatic rings. The second kappa shape index (κ2) is 34.3. The molecule has 5 heteroatoms. The number of carbonyl (C=O) groups excluding carboxylic acids is 1. The summed E-state index contributed by atoms with van der Waals surface area (Å²) < 4.78 is 7.96. The Hall–Kier alpha value is -1.62. The summed E-state index contributed by atoms with van der Waals surface area (Å²) in [6.07, 6.45) is 44.7. The number of hydrogen-bond donors (Lipinski definition) is 1.